The first-order valence-corrected chi connectivity index (χ1v) is 8.12. The molecule has 0 spiro atoms. The lowest BCUT2D eigenvalue weighted by Crippen LogP contribution is -2.41. The fourth-order valence-electron chi connectivity index (χ4n) is 2.13. The lowest BCUT2D eigenvalue weighted by molar-refractivity contribution is 0.0936. The third kappa shape index (κ3) is 3.89. The summed E-state index contributed by atoms with van der Waals surface area (Å²) >= 11 is 1.55. The van der Waals surface area contributed by atoms with Crippen molar-refractivity contribution in [2.75, 3.05) is 12.9 Å². The van der Waals surface area contributed by atoms with Gasteiger partial charge in [0.15, 0.2) is 0 Å². The Morgan fingerprint density at radius 1 is 1.33 bits per heavy atom. The Hall–Kier alpha value is -1.72. The SMILES string of the molecule is CSC(CO)C(C)NC(=O)c1cccc(-n2cccc2)c1. The van der Waals surface area contributed by atoms with Crippen LogP contribution in [0.15, 0.2) is 48.8 Å². The van der Waals surface area contributed by atoms with Crippen LogP contribution in [0.2, 0.25) is 0 Å². The van der Waals surface area contributed by atoms with E-state index in [2.05, 4.69) is 5.32 Å². The molecule has 2 rings (SSSR count). The maximum Gasteiger partial charge on any atom is 0.251 e. The fourth-order valence-corrected chi connectivity index (χ4v) is 2.76. The quantitative estimate of drug-likeness (QED) is 0.861. The van der Waals surface area contributed by atoms with Crippen molar-refractivity contribution in [3.8, 4) is 5.69 Å². The summed E-state index contributed by atoms with van der Waals surface area (Å²) in [5, 5.41) is 12.2. The number of rotatable bonds is 6. The van der Waals surface area contributed by atoms with Crippen molar-refractivity contribution in [3.05, 3.63) is 54.4 Å². The van der Waals surface area contributed by atoms with E-state index in [1.165, 1.54) is 0 Å². The molecule has 1 amide bonds. The first-order valence-electron chi connectivity index (χ1n) is 6.83. The Labute approximate surface area is 129 Å². The van der Waals surface area contributed by atoms with Crippen molar-refractivity contribution < 1.29 is 9.90 Å². The molecule has 2 N–H and O–H groups in total. The lowest BCUT2D eigenvalue weighted by Gasteiger charge is -2.21. The van der Waals surface area contributed by atoms with E-state index in [-0.39, 0.29) is 23.8 Å². The number of thioether (sulfide) groups is 1. The zero-order valence-corrected chi connectivity index (χ0v) is 13.0. The third-order valence-corrected chi connectivity index (χ3v) is 4.57. The third-order valence-electron chi connectivity index (χ3n) is 3.41. The molecule has 0 radical (unpaired) electrons. The van der Waals surface area contributed by atoms with Gasteiger partial charge in [-0.05, 0) is 43.5 Å². The van der Waals surface area contributed by atoms with Gasteiger partial charge in [0.05, 0.1) is 6.61 Å². The molecule has 0 bridgehead atoms. The number of hydrogen-bond donors (Lipinski definition) is 2. The molecule has 2 unspecified atom stereocenters. The molecule has 1 aromatic heterocycles. The molecule has 0 fully saturated rings. The molecule has 0 aliphatic rings. The van der Waals surface area contributed by atoms with Crippen molar-refractivity contribution in [1.82, 2.24) is 9.88 Å². The van der Waals surface area contributed by atoms with E-state index in [1.807, 2.05) is 60.5 Å². The number of nitrogens with one attached hydrogen (secondary N) is 1. The normalized spacial score (nSPS) is 13.7. The molecule has 2 aromatic rings. The van der Waals surface area contributed by atoms with Gasteiger partial charge in [-0.2, -0.15) is 11.8 Å². The highest BCUT2D eigenvalue weighted by Crippen LogP contribution is 2.13. The first-order chi connectivity index (χ1) is 10.2. The summed E-state index contributed by atoms with van der Waals surface area (Å²) in [6.07, 6.45) is 5.81. The van der Waals surface area contributed by atoms with Crippen LogP contribution < -0.4 is 5.32 Å². The summed E-state index contributed by atoms with van der Waals surface area (Å²) in [6, 6.07) is 11.3. The van der Waals surface area contributed by atoms with E-state index in [0.717, 1.165) is 5.69 Å². The smallest absolute Gasteiger partial charge is 0.251 e. The molecule has 1 heterocycles. The van der Waals surface area contributed by atoms with Crippen LogP contribution in [0.4, 0.5) is 0 Å². The van der Waals surface area contributed by atoms with Crippen LogP contribution in [0.5, 0.6) is 0 Å². The average Bonchev–Trinajstić information content (AvgIpc) is 3.03. The second kappa shape index (κ2) is 7.33. The number of aromatic nitrogens is 1. The summed E-state index contributed by atoms with van der Waals surface area (Å²) in [4.78, 5) is 12.3. The number of aliphatic hydroxyl groups is 1. The zero-order chi connectivity index (χ0) is 15.2. The molecule has 0 aliphatic carbocycles. The Morgan fingerprint density at radius 2 is 2.05 bits per heavy atom. The highest BCUT2D eigenvalue weighted by Gasteiger charge is 2.18. The van der Waals surface area contributed by atoms with Crippen LogP contribution >= 0.6 is 11.8 Å². The predicted molar refractivity (Wildman–Crippen MR) is 87.1 cm³/mol. The van der Waals surface area contributed by atoms with Crippen LogP contribution in [0.3, 0.4) is 0 Å². The number of hydrogen-bond acceptors (Lipinski definition) is 3. The van der Waals surface area contributed by atoms with Crippen molar-refractivity contribution in [1.29, 1.82) is 0 Å². The van der Waals surface area contributed by atoms with Gasteiger partial charge in [-0.15, -0.1) is 0 Å². The van der Waals surface area contributed by atoms with Gasteiger partial charge in [-0.1, -0.05) is 6.07 Å². The van der Waals surface area contributed by atoms with Gasteiger partial charge in [0.25, 0.3) is 5.91 Å². The molecule has 0 aliphatic heterocycles. The van der Waals surface area contributed by atoms with Gasteiger partial charge in [0.1, 0.15) is 0 Å². The number of amides is 1. The maximum atomic E-state index is 12.3. The number of carbonyl (C=O) groups is 1. The Kier molecular flexibility index (Phi) is 5.47. The molecule has 1 aromatic carbocycles. The van der Waals surface area contributed by atoms with Gasteiger partial charge in [0.2, 0.25) is 0 Å². The lowest BCUT2D eigenvalue weighted by atomic mass is 10.1. The second-order valence-corrected chi connectivity index (χ2v) is 5.94. The van der Waals surface area contributed by atoms with Crippen molar-refractivity contribution in [3.63, 3.8) is 0 Å². The monoisotopic (exact) mass is 304 g/mol. The standard InChI is InChI=1S/C16H20N2O2S/c1-12(15(11-19)21-2)17-16(20)13-6-5-7-14(10-13)18-8-3-4-9-18/h3-10,12,15,19H,11H2,1-2H3,(H,17,20). The molecule has 5 heteroatoms. The minimum Gasteiger partial charge on any atom is -0.395 e. The van der Waals surface area contributed by atoms with Gasteiger partial charge in [-0.25, -0.2) is 0 Å². The number of aliphatic hydroxyl groups excluding tert-OH is 1. The van der Waals surface area contributed by atoms with Crippen molar-refractivity contribution >= 4 is 17.7 Å². The molecule has 112 valence electrons. The Bertz CT molecular complexity index is 580. The van der Waals surface area contributed by atoms with Gasteiger partial charge in [-0.3, -0.25) is 4.79 Å². The first kappa shape index (κ1) is 15.7. The minimum atomic E-state index is -0.121. The highest BCUT2D eigenvalue weighted by molar-refractivity contribution is 7.99. The summed E-state index contributed by atoms with van der Waals surface area (Å²) in [5.74, 6) is -0.121. The topological polar surface area (TPSA) is 54.3 Å². The largest absolute Gasteiger partial charge is 0.395 e. The molecule has 21 heavy (non-hydrogen) atoms. The van der Waals surface area contributed by atoms with Crippen molar-refractivity contribution in [2.45, 2.75) is 18.2 Å². The molecule has 0 saturated heterocycles. The van der Waals surface area contributed by atoms with Crippen LogP contribution in [-0.2, 0) is 0 Å². The average molecular weight is 304 g/mol. The molecule has 2 atom stereocenters. The maximum absolute atomic E-state index is 12.3. The predicted octanol–water partition coefficient (Wildman–Crippen LogP) is 2.32. The van der Waals surface area contributed by atoms with E-state index in [9.17, 15) is 9.90 Å². The second-order valence-electron chi connectivity index (χ2n) is 4.86. The zero-order valence-electron chi connectivity index (χ0n) is 12.2. The van der Waals surface area contributed by atoms with Crippen LogP contribution in [0.25, 0.3) is 5.69 Å². The number of nitrogens with zero attached hydrogens (tertiary/aromatic N) is 1. The van der Waals surface area contributed by atoms with E-state index in [4.69, 9.17) is 0 Å². The number of benzene rings is 1. The minimum absolute atomic E-state index is 0.00146. The van der Waals surface area contributed by atoms with E-state index >= 15 is 0 Å². The van der Waals surface area contributed by atoms with Crippen LogP contribution in [0, 0.1) is 0 Å². The molecule has 0 saturated carbocycles. The van der Waals surface area contributed by atoms with Crippen LogP contribution in [0.1, 0.15) is 17.3 Å². The summed E-state index contributed by atoms with van der Waals surface area (Å²) in [5.41, 5.74) is 1.56. The summed E-state index contributed by atoms with van der Waals surface area (Å²) < 4.78 is 1.96. The molecular formula is C16H20N2O2S. The summed E-state index contributed by atoms with van der Waals surface area (Å²) in [6.45, 7) is 1.96. The molecular weight excluding hydrogens is 284 g/mol. The van der Waals surface area contributed by atoms with Gasteiger partial charge >= 0.3 is 0 Å². The highest BCUT2D eigenvalue weighted by atomic mass is 32.2. The Balaban J connectivity index is 2.11. The molecule has 4 nitrogen and oxygen atoms in total. The van der Waals surface area contributed by atoms with Gasteiger partial charge in [0, 0.05) is 34.9 Å². The van der Waals surface area contributed by atoms with E-state index in [0.29, 0.717) is 5.56 Å². The van der Waals surface area contributed by atoms with Crippen molar-refractivity contribution in [2.24, 2.45) is 0 Å². The Morgan fingerprint density at radius 3 is 2.67 bits per heavy atom. The van der Waals surface area contributed by atoms with E-state index < -0.39 is 0 Å². The fraction of sp³-hybridized carbons (Fsp3) is 0.312. The number of carbonyl (C=O) groups excluding carboxylic acids is 1. The van der Waals surface area contributed by atoms with Gasteiger partial charge < -0.3 is 15.0 Å². The van der Waals surface area contributed by atoms with Crippen LogP contribution in [-0.4, -0.2) is 39.7 Å². The van der Waals surface area contributed by atoms with E-state index in [1.54, 1.807) is 17.8 Å². The summed E-state index contributed by atoms with van der Waals surface area (Å²) in [7, 11) is 0.